The van der Waals surface area contributed by atoms with Gasteiger partial charge in [0.05, 0.1) is 13.7 Å². The van der Waals surface area contributed by atoms with Crippen LogP contribution in [0.4, 0.5) is 4.39 Å². The Bertz CT molecular complexity index is 1110. The Morgan fingerprint density at radius 3 is 2.28 bits per heavy atom. The van der Waals surface area contributed by atoms with Crippen LogP contribution in [-0.2, 0) is 22.6 Å². The lowest BCUT2D eigenvalue weighted by atomic mass is 10.0. The van der Waals surface area contributed by atoms with Crippen molar-refractivity contribution in [1.29, 1.82) is 0 Å². The van der Waals surface area contributed by atoms with Gasteiger partial charge in [-0.3, -0.25) is 9.59 Å². The molecule has 3 rings (SSSR count). The van der Waals surface area contributed by atoms with E-state index in [0.717, 1.165) is 11.3 Å². The number of likely N-dealkylation sites (N-methyl/N-ethyl adjacent to an activating group) is 1. The number of hydrogen-bond donors (Lipinski definition) is 1. The molecule has 3 aromatic rings. The predicted molar refractivity (Wildman–Crippen MR) is 137 cm³/mol. The van der Waals surface area contributed by atoms with Crippen LogP contribution in [0.2, 0.25) is 0 Å². The SMILES string of the molecule is CCNC(=O)[C@H](Cc1ccccc1)N(Cc1ccccc1F)C(=O)CCCOc1ccc(OC)cc1. The molecule has 36 heavy (non-hydrogen) atoms. The summed E-state index contributed by atoms with van der Waals surface area (Å²) >= 11 is 0. The predicted octanol–water partition coefficient (Wildman–Crippen LogP) is 4.77. The molecule has 0 aromatic heterocycles. The van der Waals surface area contributed by atoms with Crippen molar-refractivity contribution in [2.75, 3.05) is 20.3 Å². The van der Waals surface area contributed by atoms with E-state index in [1.54, 1.807) is 49.6 Å². The lowest BCUT2D eigenvalue weighted by Crippen LogP contribution is -2.50. The number of ether oxygens (including phenoxy) is 2. The minimum atomic E-state index is -0.776. The van der Waals surface area contributed by atoms with Gasteiger partial charge in [-0.1, -0.05) is 48.5 Å². The fraction of sp³-hybridized carbons (Fsp3) is 0.310. The van der Waals surface area contributed by atoms with Gasteiger partial charge in [-0.25, -0.2) is 4.39 Å². The first-order valence-corrected chi connectivity index (χ1v) is 12.1. The van der Waals surface area contributed by atoms with Crippen LogP contribution < -0.4 is 14.8 Å². The molecule has 1 atom stereocenters. The molecule has 0 unspecified atom stereocenters. The molecule has 6 nitrogen and oxygen atoms in total. The zero-order valence-corrected chi connectivity index (χ0v) is 20.8. The van der Waals surface area contributed by atoms with E-state index in [-0.39, 0.29) is 24.8 Å². The number of methoxy groups -OCH3 is 1. The molecule has 7 heteroatoms. The third-order valence-corrected chi connectivity index (χ3v) is 5.78. The molecule has 0 radical (unpaired) electrons. The number of rotatable bonds is 13. The topological polar surface area (TPSA) is 67.9 Å². The Morgan fingerprint density at radius 1 is 0.944 bits per heavy atom. The van der Waals surface area contributed by atoms with E-state index >= 15 is 0 Å². The summed E-state index contributed by atoms with van der Waals surface area (Å²) in [6, 6.07) is 22.3. The summed E-state index contributed by atoms with van der Waals surface area (Å²) in [4.78, 5) is 28.0. The van der Waals surface area contributed by atoms with Crippen molar-refractivity contribution in [2.24, 2.45) is 0 Å². The van der Waals surface area contributed by atoms with Gasteiger partial charge in [-0.05, 0) is 49.2 Å². The Balaban J connectivity index is 1.75. The summed E-state index contributed by atoms with van der Waals surface area (Å²) in [5.74, 6) is 0.503. The van der Waals surface area contributed by atoms with Gasteiger partial charge in [0.2, 0.25) is 11.8 Å². The van der Waals surface area contributed by atoms with Crippen molar-refractivity contribution in [1.82, 2.24) is 10.2 Å². The van der Waals surface area contributed by atoms with Crippen molar-refractivity contribution in [2.45, 2.75) is 38.8 Å². The summed E-state index contributed by atoms with van der Waals surface area (Å²) in [6.07, 6.45) is 0.941. The number of nitrogens with one attached hydrogen (secondary N) is 1. The van der Waals surface area contributed by atoms with Crippen LogP contribution in [-0.4, -0.2) is 43.0 Å². The molecule has 0 aliphatic heterocycles. The Hall–Kier alpha value is -3.87. The highest BCUT2D eigenvalue weighted by Gasteiger charge is 2.30. The van der Waals surface area contributed by atoms with Crippen LogP contribution in [0.5, 0.6) is 11.5 Å². The highest BCUT2D eigenvalue weighted by Crippen LogP contribution is 2.19. The molecule has 0 bridgehead atoms. The van der Waals surface area contributed by atoms with Gasteiger partial charge in [0.15, 0.2) is 0 Å². The van der Waals surface area contributed by atoms with E-state index in [2.05, 4.69) is 5.32 Å². The lowest BCUT2D eigenvalue weighted by Gasteiger charge is -2.31. The number of carbonyl (C=O) groups excluding carboxylic acids is 2. The maximum Gasteiger partial charge on any atom is 0.243 e. The monoisotopic (exact) mass is 492 g/mol. The van der Waals surface area contributed by atoms with Crippen molar-refractivity contribution in [3.05, 3.63) is 95.8 Å². The maximum atomic E-state index is 14.5. The van der Waals surface area contributed by atoms with Crippen molar-refractivity contribution >= 4 is 11.8 Å². The molecular formula is C29H33FN2O4. The summed E-state index contributed by atoms with van der Waals surface area (Å²) in [5, 5.41) is 2.84. The molecule has 0 spiro atoms. The van der Waals surface area contributed by atoms with Gasteiger partial charge in [0.1, 0.15) is 23.4 Å². The Morgan fingerprint density at radius 2 is 1.61 bits per heavy atom. The van der Waals surface area contributed by atoms with Crippen LogP contribution >= 0.6 is 0 Å². The average molecular weight is 493 g/mol. The van der Waals surface area contributed by atoms with E-state index < -0.39 is 11.9 Å². The molecule has 0 saturated carbocycles. The summed E-state index contributed by atoms with van der Waals surface area (Å²) < 4.78 is 25.4. The van der Waals surface area contributed by atoms with Gasteiger partial charge in [0, 0.05) is 31.5 Å². The molecule has 190 valence electrons. The molecule has 0 saturated heterocycles. The Labute approximate surface area is 212 Å². The second-order valence-corrected chi connectivity index (χ2v) is 8.34. The molecule has 2 amide bonds. The minimum absolute atomic E-state index is 0.000518. The fourth-order valence-corrected chi connectivity index (χ4v) is 3.89. The molecule has 1 N–H and O–H groups in total. The van der Waals surface area contributed by atoms with Crippen molar-refractivity contribution in [3.63, 3.8) is 0 Å². The quantitative estimate of drug-likeness (QED) is 0.349. The molecule has 3 aromatic carbocycles. The van der Waals surface area contributed by atoms with E-state index in [1.807, 2.05) is 37.3 Å². The number of benzene rings is 3. The third-order valence-electron chi connectivity index (χ3n) is 5.78. The zero-order chi connectivity index (χ0) is 25.8. The van der Waals surface area contributed by atoms with Gasteiger partial charge < -0.3 is 19.7 Å². The van der Waals surface area contributed by atoms with Crippen LogP contribution in [0.15, 0.2) is 78.9 Å². The molecule has 0 aliphatic rings. The fourth-order valence-electron chi connectivity index (χ4n) is 3.89. The van der Waals surface area contributed by atoms with Crippen LogP contribution in [0, 0.1) is 5.82 Å². The van der Waals surface area contributed by atoms with Gasteiger partial charge in [-0.15, -0.1) is 0 Å². The standard InChI is InChI=1S/C29H33FN2O4/c1-3-31-29(34)27(20-22-10-5-4-6-11-22)32(21-23-12-7-8-13-26(23)30)28(33)14-9-19-36-25-17-15-24(35-2)16-18-25/h4-8,10-13,15-18,27H,3,9,14,19-21H2,1-2H3,(H,31,34)/t27-/m0/s1. The molecule has 0 aliphatic carbocycles. The second kappa shape index (κ2) is 13.9. The Kier molecular flexibility index (Phi) is 10.3. The van der Waals surface area contributed by atoms with Crippen molar-refractivity contribution < 1.29 is 23.5 Å². The first-order valence-electron chi connectivity index (χ1n) is 12.1. The van der Waals surface area contributed by atoms with Crippen LogP contribution in [0.1, 0.15) is 30.9 Å². The van der Waals surface area contributed by atoms with Crippen LogP contribution in [0.3, 0.4) is 0 Å². The zero-order valence-electron chi connectivity index (χ0n) is 20.8. The largest absolute Gasteiger partial charge is 0.497 e. The first kappa shape index (κ1) is 26.7. The summed E-state index contributed by atoms with van der Waals surface area (Å²) in [5.41, 5.74) is 1.28. The number of hydrogen-bond acceptors (Lipinski definition) is 4. The highest BCUT2D eigenvalue weighted by molar-refractivity contribution is 5.88. The van der Waals surface area contributed by atoms with Gasteiger partial charge >= 0.3 is 0 Å². The van der Waals surface area contributed by atoms with Gasteiger partial charge in [0.25, 0.3) is 0 Å². The third kappa shape index (κ3) is 7.83. The van der Waals surface area contributed by atoms with E-state index in [1.165, 1.54) is 11.0 Å². The van der Waals surface area contributed by atoms with Crippen molar-refractivity contribution in [3.8, 4) is 11.5 Å². The second-order valence-electron chi connectivity index (χ2n) is 8.34. The normalized spacial score (nSPS) is 11.4. The van der Waals surface area contributed by atoms with Crippen LogP contribution in [0.25, 0.3) is 0 Å². The summed E-state index contributed by atoms with van der Waals surface area (Å²) in [7, 11) is 1.60. The van der Waals surface area contributed by atoms with E-state index in [9.17, 15) is 14.0 Å². The number of nitrogens with zero attached hydrogens (tertiary/aromatic N) is 1. The molecular weight excluding hydrogens is 459 g/mol. The average Bonchev–Trinajstić information content (AvgIpc) is 2.90. The van der Waals surface area contributed by atoms with E-state index in [4.69, 9.17) is 9.47 Å². The lowest BCUT2D eigenvalue weighted by molar-refractivity contribution is -0.141. The number of halogens is 1. The summed E-state index contributed by atoms with van der Waals surface area (Å²) in [6.45, 7) is 2.59. The number of carbonyl (C=O) groups is 2. The minimum Gasteiger partial charge on any atom is -0.497 e. The highest BCUT2D eigenvalue weighted by atomic mass is 19.1. The number of amides is 2. The maximum absolute atomic E-state index is 14.5. The molecule has 0 heterocycles. The van der Waals surface area contributed by atoms with E-state index in [0.29, 0.717) is 37.3 Å². The first-order chi connectivity index (χ1) is 17.5. The van der Waals surface area contributed by atoms with Gasteiger partial charge in [-0.2, -0.15) is 0 Å². The smallest absolute Gasteiger partial charge is 0.243 e. The molecule has 0 fully saturated rings.